The number of halogens is 2. The molecule has 1 N–H and O–H groups in total. The third-order valence-electron chi connectivity index (χ3n) is 2.89. The Balaban J connectivity index is 1.90. The van der Waals surface area contributed by atoms with E-state index in [-0.39, 0.29) is 11.2 Å². The van der Waals surface area contributed by atoms with Crippen LogP contribution in [-0.2, 0) is 10.5 Å². The van der Waals surface area contributed by atoms with Crippen LogP contribution < -0.4 is 5.32 Å². The molecule has 0 bridgehead atoms. The zero-order chi connectivity index (χ0) is 15.2. The van der Waals surface area contributed by atoms with Gasteiger partial charge < -0.3 is 5.32 Å². The number of rotatable bonds is 5. The van der Waals surface area contributed by atoms with Crippen LogP contribution in [0.4, 0.5) is 5.69 Å². The predicted molar refractivity (Wildman–Crippen MR) is 95.0 cm³/mol. The Bertz CT molecular complexity index is 635. The molecule has 5 heteroatoms. The standard InChI is InChI=1S/C16H15BrClNOS/c1-11(21-10-12-5-4-6-13(17)9-12)16(20)19-15-8-3-2-7-14(15)18/h2-9,11H,10H2,1H3,(H,19,20). The fourth-order valence-electron chi connectivity index (χ4n) is 1.72. The van der Waals surface area contributed by atoms with E-state index in [9.17, 15) is 4.79 Å². The van der Waals surface area contributed by atoms with Crippen molar-refractivity contribution in [3.05, 3.63) is 63.6 Å². The van der Waals surface area contributed by atoms with Crippen molar-refractivity contribution in [2.45, 2.75) is 17.9 Å². The van der Waals surface area contributed by atoms with E-state index in [1.54, 1.807) is 23.9 Å². The summed E-state index contributed by atoms with van der Waals surface area (Å²) < 4.78 is 1.05. The first-order valence-corrected chi connectivity index (χ1v) is 8.69. The van der Waals surface area contributed by atoms with Crippen LogP contribution in [0.25, 0.3) is 0 Å². The smallest absolute Gasteiger partial charge is 0.237 e. The maximum Gasteiger partial charge on any atom is 0.237 e. The van der Waals surface area contributed by atoms with Gasteiger partial charge in [-0.3, -0.25) is 4.79 Å². The van der Waals surface area contributed by atoms with E-state index in [1.165, 1.54) is 5.56 Å². The van der Waals surface area contributed by atoms with Gasteiger partial charge in [-0.05, 0) is 36.8 Å². The van der Waals surface area contributed by atoms with E-state index >= 15 is 0 Å². The van der Waals surface area contributed by atoms with Gasteiger partial charge in [0.1, 0.15) is 0 Å². The van der Waals surface area contributed by atoms with Crippen LogP contribution in [0.15, 0.2) is 53.0 Å². The topological polar surface area (TPSA) is 29.1 Å². The Morgan fingerprint density at radius 1 is 1.29 bits per heavy atom. The summed E-state index contributed by atoms with van der Waals surface area (Å²) in [5, 5.41) is 3.26. The second-order valence-electron chi connectivity index (χ2n) is 4.55. The number of hydrogen-bond acceptors (Lipinski definition) is 2. The highest BCUT2D eigenvalue weighted by Crippen LogP contribution is 2.24. The minimum atomic E-state index is -0.153. The SMILES string of the molecule is CC(SCc1cccc(Br)c1)C(=O)Nc1ccccc1Cl. The van der Waals surface area contributed by atoms with Crippen molar-refractivity contribution in [2.24, 2.45) is 0 Å². The number of carbonyl (C=O) groups excluding carboxylic acids is 1. The van der Waals surface area contributed by atoms with Crippen LogP contribution in [0.5, 0.6) is 0 Å². The summed E-state index contributed by atoms with van der Waals surface area (Å²) in [6, 6.07) is 15.3. The maximum atomic E-state index is 12.2. The average Bonchev–Trinajstić information content (AvgIpc) is 2.47. The normalized spacial score (nSPS) is 12.0. The molecule has 1 amide bonds. The van der Waals surface area contributed by atoms with Crippen LogP contribution in [0.1, 0.15) is 12.5 Å². The molecule has 21 heavy (non-hydrogen) atoms. The van der Waals surface area contributed by atoms with Crippen molar-refractivity contribution in [1.29, 1.82) is 0 Å². The van der Waals surface area contributed by atoms with E-state index in [1.807, 2.05) is 31.2 Å². The van der Waals surface area contributed by atoms with Crippen LogP contribution in [0, 0.1) is 0 Å². The highest BCUT2D eigenvalue weighted by atomic mass is 79.9. The summed E-state index contributed by atoms with van der Waals surface area (Å²) >= 11 is 11.1. The quantitative estimate of drug-likeness (QED) is 0.751. The molecule has 0 heterocycles. The van der Waals surface area contributed by atoms with Crippen molar-refractivity contribution >= 4 is 50.9 Å². The Kier molecular flexibility index (Phi) is 6.15. The first kappa shape index (κ1) is 16.4. The van der Waals surface area contributed by atoms with Gasteiger partial charge in [-0.1, -0.05) is 51.8 Å². The summed E-state index contributed by atoms with van der Waals surface area (Å²) in [7, 11) is 0. The lowest BCUT2D eigenvalue weighted by molar-refractivity contribution is -0.115. The second-order valence-corrected chi connectivity index (χ2v) is 7.20. The van der Waals surface area contributed by atoms with Gasteiger partial charge in [0, 0.05) is 10.2 Å². The largest absolute Gasteiger partial charge is 0.324 e. The highest BCUT2D eigenvalue weighted by Gasteiger charge is 2.14. The molecule has 0 aliphatic rings. The molecule has 0 radical (unpaired) electrons. The van der Waals surface area contributed by atoms with Gasteiger partial charge in [0.15, 0.2) is 0 Å². The fourth-order valence-corrected chi connectivity index (χ4v) is 3.18. The number of amides is 1. The first-order valence-electron chi connectivity index (χ1n) is 6.47. The van der Waals surface area contributed by atoms with Gasteiger partial charge in [-0.15, -0.1) is 11.8 Å². The van der Waals surface area contributed by atoms with Crippen molar-refractivity contribution in [3.8, 4) is 0 Å². The van der Waals surface area contributed by atoms with Crippen molar-refractivity contribution in [3.63, 3.8) is 0 Å². The summed E-state index contributed by atoms with van der Waals surface area (Å²) in [5.74, 6) is 0.749. The van der Waals surface area contributed by atoms with E-state index in [2.05, 4.69) is 33.4 Å². The van der Waals surface area contributed by atoms with E-state index < -0.39 is 0 Å². The zero-order valence-corrected chi connectivity index (χ0v) is 14.6. The molecule has 2 aromatic rings. The Hall–Kier alpha value is -0.970. The van der Waals surface area contributed by atoms with E-state index in [0.29, 0.717) is 10.7 Å². The number of carbonyl (C=O) groups is 1. The lowest BCUT2D eigenvalue weighted by Gasteiger charge is -2.13. The molecule has 2 nitrogen and oxygen atoms in total. The number of hydrogen-bond donors (Lipinski definition) is 1. The van der Waals surface area contributed by atoms with E-state index in [0.717, 1.165) is 10.2 Å². The summed E-state index contributed by atoms with van der Waals surface area (Å²) in [5.41, 5.74) is 1.84. The van der Waals surface area contributed by atoms with Gasteiger partial charge in [0.05, 0.1) is 16.0 Å². The summed E-state index contributed by atoms with van der Waals surface area (Å²) in [6.07, 6.45) is 0. The number of para-hydroxylation sites is 1. The molecule has 0 aromatic heterocycles. The van der Waals surface area contributed by atoms with Crippen molar-refractivity contribution < 1.29 is 4.79 Å². The molecule has 0 saturated carbocycles. The lowest BCUT2D eigenvalue weighted by Crippen LogP contribution is -2.22. The number of benzene rings is 2. The molecule has 0 fully saturated rings. The molecule has 2 rings (SSSR count). The van der Waals surface area contributed by atoms with Crippen LogP contribution >= 0.6 is 39.3 Å². The number of thioether (sulfide) groups is 1. The van der Waals surface area contributed by atoms with Crippen LogP contribution in [0.2, 0.25) is 5.02 Å². The lowest BCUT2D eigenvalue weighted by atomic mass is 10.2. The van der Waals surface area contributed by atoms with Crippen LogP contribution in [0.3, 0.4) is 0 Å². The average molecular weight is 385 g/mol. The highest BCUT2D eigenvalue weighted by molar-refractivity contribution is 9.10. The molecule has 2 aromatic carbocycles. The van der Waals surface area contributed by atoms with Gasteiger partial charge in [0.25, 0.3) is 0 Å². The van der Waals surface area contributed by atoms with E-state index in [4.69, 9.17) is 11.6 Å². The number of nitrogens with one attached hydrogen (secondary N) is 1. The van der Waals surface area contributed by atoms with Crippen LogP contribution in [-0.4, -0.2) is 11.2 Å². The summed E-state index contributed by atoms with van der Waals surface area (Å²) in [4.78, 5) is 12.2. The van der Waals surface area contributed by atoms with Crippen molar-refractivity contribution in [2.75, 3.05) is 5.32 Å². The number of anilines is 1. The molecule has 0 aliphatic carbocycles. The van der Waals surface area contributed by atoms with Crippen molar-refractivity contribution in [1.82, 2.24) is 0 Å². The molecule has 0 saturated heterocycles. The maximum absolute atomic E-state index is 12.2. The van der Waals surface area contributed by atoms with Gasteiger partial charge in [-0.25, -0.2) is 0 Å². The Morgan fingerprint density at radius 2 is 2.05 bits per heavy atom. The monoisotopic (exact) mass is 383 g/mol. The molecular weight excluding hydrogens is 370 g/mol. The third-order valence-corrected chi connectivity index (χ3v) is 4.93. The molecule has 0 spiro atoms. The van der Waals surface area contributed by atoms with Gasteiger partial charge >= 0.3 is 0 Å². The zero-order valence-electron chi connectivity index (χ0n) is 11.5. The molecule has 1 atom stereocenters. The third kappa shape index (κ3) is 5.06. The minimum Gasteiger partial charge on any atom is -0.324 e. The molecule has 1 unspecified atom stereocenters. The predicted octanol–water partition coefficient (Wildman–Crippen LogP) is 5.36. The molecular formula is C16H15BrClNOS. The fraction of sp³-hybridized carbons (Fsp3) is 0.188. The molecule has 0 aliphatic heterocycles. The van der Waals surface area contributed by atoms with Gasteiger partial charge in [0.2, 0.25) is 5.91 Å². The summed E-state index contributed by atoms with van der Waals surface area (Å²) in [6.45, 7) is 1.90. The van der Waals surface area contributed by atoms with Gasteiger partial charge in [-0.2, -0.15) is 0 Å². The molecule has 110 valence electrons. The Labute approximate surface area is 142 Å². The minimum absolute atomic E-state index is 0.0388. The second kappa shape index (κ2) is 7.87. The Morgan fingerprint density at radius 3 is 2.76 bits per heavy atom. The first-order chi connectivity index (χ1) is 10.1.